The Balaban J connectivity index is 2.54. The van der Waals surface area contributed by atoms with Crippen molar-refractivity contribution in [1.82, 2.24) is 0 Å². The summed E-state index contributed by atoms with van der Waals surface area (Å²) in [6.45, 7) is 5.80. The normalized spacial score (nSPS) is 13.9. The Morgan fingerprint density at radius 3 is 2.20 bits per heavy atom. The molecule has 20 heavy (non-hydrogen) atoms. The van der Waals surface area contributed by atoms with Gasteiger partial charge >= 0.3 is 0 Å². The summed E-state index contributed by atoms with van der Waals surface area (Å²) in [6, 6.07) is 11.7. The minimum absolute atomic E-state index is 0.845. The van der Waals surface area contributed by atoms with Crippen LogP contribution in [0.25, 0.3) is 0 Å². The van der Waals surface area contributed by atoms with E-state index in [9.17, 15) is 5.11 Å². The maximum atomic E-state index is 11.0. The van der Waals surface area contributed by atoms with Crippen molar-refractivity contribution in [3.8, 4) is 5.75 Å². The summed E-state index contributed by atoms with van der Waals surface area (Å²) in [4.78, 5) is 0. The molecule has 0 aromatic heterocycles. The van der Waals surface area contributed by atoms with Crippen molar-refractivity contribution in [1.29, 1.82) is 0 Å². The number of hydrogen-bond acceptors (Lipinski definition) is 2. The molecule has 0 aliphatic rings. The fraction of sp³-hybridized carbons (Fsp3) is 0.294. The van der Waals surface area contributed by atoms with Crippen LogP contribution in [0.3, 0.4) is 0 Å². The van der Waals surface area contributed by atoms with Crippen molar-refractivity contribution in [3.63, 3.8) is 0 Å². The molecule has 0 fully saturated rings. The molecule has 0 amide bonds. The first-order chi connectivity index (χ1) is 9.36. The lowest BCUT2D eigenvalue weighted by atomic mass is 9.84. The summed E-state index contributed by atoms with van der Waals surface area (Å²) in [5.41, 5.74) is 2.78. The molecule has 0 bridgehead atoms. The van der Waals surface area contributed by atoms with Gasteiger partial charge in [0, 0.05) is 4.47 Å². The minimum Gasteiger partial charge on any atom is -0.496 e. The van der Waals surface area contributed by atoms with Crippen LogP contribution in [0.15, 0.2) is 40.9 Å². The lowest BCUT2D eigenvalue weighted by Crippen LogP contribution is -2.24. The first-order valence-electron chi connectivity index (χ1n) is 6.50. The van der Waals surface area contributed by atoms with Gasteiger partial charge in [0.1, 0.15) is 11.4 Å². The second kappa shape index (κ2) is 5.58. The monoisotopic (exact) mass is 334 g/mol. The van der Waals surface area contributed by atoms with E-state index in [1.165, 1.54) is 0 Å². The van der Waals surface area contributed by atoms with Gasteiger partial charge in [-0.2, -0.15) is 0 Å². The summed E-state index contributed by atoms with van der Waals surface area (Å²) in [6.07, 6.45) is 0. The van der Waals surface area contributed by atoms with Gasteiger partial charge in [-0.15, -0.1) is 0 Å². The zero-order chi connectivity index (χ0) is 14.9. The largest absolute Gasteiger partial charge is 0.496 e. The highest BCUT2D eigenvalue weighted by Gasteiger charge is 2.28. The van der Waals surface area contributed by atoms with Gasteiger partial charge in [-0.25, -0.2) is 0 Å². The number of methoxy groups -OCH3 is 1. The zero-order valence-corrected chi connectivity index (χ0v) is 13.8. The van der Waals surface area contributed by atoms with Gasteiger partial charge in [0.05, 0.1) is 7.11 Å². The molecule has 2 aromatic carbocycles. The molecule has 2 aromatic rings. The predicted molar refractivity (Wildman–Crippen MR) is 85.3 cm³/mol. The molecule has 2 nitrogen and oxygen atoms in total. The highest BCUT2D eigenvalue weighted by Crippen LogP contribution is 2.35. The quantitative estimate of drug-likeness (QED) is 0.905. The average Bonchev–Trinajstić information content (AvgIpc) is 2.41. The van der Waals surface area contributed by atoms with Crippen LogP contribution in [0.2, 0.25) is 0 Å². The van der Waals surface area contributed by atoms with Crippen LogP contribution in [0.4, 0.5) is 0 Å². The third kappa shape index (κ3) is 2.74. The summed E-state index contributed by atoms with van der Waals surface area (Å²) >= 11 is 3.42. The summed E-state index contributed by atoms with van der Waals surface area (Å²) in [7, 11) is 1.66. The minimum atomic E-state index is -1.03. The van der Waals surface area contributed by atoms with E-state index >= 15 is 0 Å². The standard InChI is InChI=1S/C17H19BrO2/c1-11-10-16(20-4)12(2)9-15(11)17(3,19)13-5-7-14(18)8-6-13/h5-10,19H,1-4H3. The topological polar surface area (TPSA) is 29.5 Å². The number of halogens is 1. The Bertz CT molecular complexity index is 616. The lowest BCUT2D eigenvalue weighted by molar-refractivity contribution is 0.101. The van der Waals surface area contributed by atoms with Gasteiger partial charge in [0.15, 0.2) is 0 Å². The highest BCUT2D eigenvalue weighted by molar-refractivity contribution is 9.10. The molecule has 106 valence electrons. The van der Waals surface area contributed by atoms with E-state index in [-0.39, 0.29) is 0 Å². The Morgan fingerprint density at radius 1 is 1.05 bits per heavy atom. The second-order valence-corrected chi connectivity index (χ2v) is 6.13. The molecule has 3 heteroatoms. The molecule has 0 saturated carbocycles. The van der Waals surface area contributed by atoms with Crippen molar-refractivity contribution in [2.24, 2.45) is 0 Å². The van der Waals surface area contributed by atoms with Crippen molar-refractivity contribution >= 4 is 15.9 Å². The van der Waals surface area contributed by atoms with Gasteiger partial charge < -0.3 is 9.84 Å². The van der Waals surface area contributed by atoms with E-state index < -0.39 is 5.60 Å². The van der Waals surface area contributed by atoms with E-state index in [1.807, 2.05) is 57.2 Å². The number of aryl methyl sites for hydroxylation is 2. The Labute approximate surface area is 128 Å². The van der Waals surface area contributed by atoms with E-state index in [0.29, 0.717) is 0 Å². The molecule has 0 heterocycles. The predicted octanol–water partition coefficient (Wildman–Crippen LogP) is 4.33. The maximum Gasteiger partial charge on any atom is 0.122 e. The zero-order valence-electron chi connectivity index (χ0n) is 12.2. The average molecular weight is 335 g/mol. The third-order valence-corrected chi connectivity index (χ3v) is 4.20. The van der Waals surface area contributed by atoms with Crippen LogP contribution in [-0.4, -0.2) is 12.2 Å². The third-order valence-electron chi connectivity index (χ3n) is 3.67. The van der Waals surface area contributed by atoms with Gasteiger partial charge in [-0.1, -0.05) is 28.1 Å². The van der Waals surface area contributed by atoms with Crippen LogP contribution >= 0.6 is 15.9 Å². The Hall–Kier alpha value is -1.32. The molecule has 0 saturated heterocycles. The summed E-state index contributed by atoms with van der Waals surface area (Å²) < 4.78 is 6.33. The smallest absolute Gasteiger partial charge is 0.122 e. The van der Waals surface area contributed by atoms with E-state index in [0.717, 1.165) is 32.5 Å². The lowest BCUT2D eigenvalue weighted by Gasteiger charge is -2.27. The fourth-order valence-electron chi connectivity index (χ4n) is 2.46. The Morgan fingerprint density at radius 2 is 1.65 bits per heavy atom. The molecule has 0 radical (unpaired) electrons. The van der Waals surface area contributed by atoms with Crippen molar-refractivity contribution in [2.45, 2.75) is 26.4 Å². The number of rotatable bonds is 3. The number of ether oxygens (including phenoxy) is 1. The van der Waals surface area contributed by atoms with Gasteiger partial charge in [0.2, 0.25) is 0 Å². The Kier molecular flexibility index (Phi) is 4.21. The van der Waals surface area contributed by atoms with Crippen molar-refractivity contribution in [2.75, 3.05) is 7.11 Å². The summed E-state index contributed by atoms with van der Waals surface area (Å²) in [5, 5.41) is 11.0. The van der Waals surface area contributed by atoms with Crippen LogP contribution in [0.1, 0.15) is 29.2 Å². The molecule has 1 N–H and O–H groups in total. The van der Waals surface area contributed by atoms with Crippen molar-refractivity contribution in [3.05, 3.63) is 63.1 Å². The van der Waals surface area contributed by atoms with Crippen LogP contribution < -0.4 is 4.74 Å². The van der Waals surface area contributed by atoms with E-state index in [1.54, 1.807) is 7.11 Å². The molecule has 0 spiro atoms. The molecule has 1 atom stereocenters. The van der Waals surface area contributed by atoms with Crippen molar-refractivity contribution < 1.29 is 9.84 Å². The molecular formula is C17H19BrO2. The second-order valence-electron chi connectivity index (χ2n) is 5.22. The van der Waals surface area contributed by atoms with Gasteiger partial charge in [-0.05, 0) is 67.3 Å². The maximum absolute atomic E-state index is 11.0. The SMILES string of the molecule is COc1cc(C)c(C(C)(O)c2ccc(Br)cc2)cc1C. The number of aliphatic hydroxyl groups is 1. The van der Waals surface area contributed by atoms with Crippen LogP contribution in [-0.2, 0) is 5.60 Å². The molecule has 0 aliphatic carbocycles. The number of benzene rings is 2. The van der Waals surface area contributed by atoms with Crippen LogP contribution in [0.5, 0.6) is 5.75 Å². The fourth-order valence-corrected chi connectivity index (χ4v) is 2.73. The van der Waals surface area contributed by atoms with E-state index in [4.69, 9.17) is 4.74 Å². The first-order valence-corrected chi connectivity index (χ1v) is 7.29. The molecule has 0 aliphatic heterocycles. The molecule has 2 rings (SSSR count). The number of hydrogen-bond donors (Lipinski definition) is 1. The molecule has 1 unspecified atom stereocenters. The van der Waals surface area contributed by atoms with E-state index in [2.05, 4.69) is 15.9 Å². The van der Waals surface area contributed by atoms with Crippen LogP contribution in [0, 0.1) is 13.8 Å². The first kappa shape index (κ1) is 15.1. The van der Waals surface area contributed by atoms with Gasteiger partial charge in [-0.3, -0.25) is 0 Å². The molecular weight excluding hydrogens is 316 g/mol. The summed E-state index contributed by atoms with van der Waals surface area (Å²) in [5.74, 6) is 0.845. The highest BCUT2D eigenvalue weighted by atomic mass is 79.9. The van der Waals surface area contributed by atoms with Gasteiger partial charge in [0.25, 0.3) is 0 Å².